The van der Waals surface area contributed by atoms with Gasteiger partial charge in [-0.15, -0.1) is 0 Å². The Morgan fingerprint density at radius 1 is 1.15 bits per heavy atom. The van der Waals surface area contributed by atoms with E-state index in [2.05, 4.69) is 5.32 Å². The minimum atomic E-state index is -0.413. The summed E-state index contributed by atoms with van der Waals surface area (Å²) >= 11 is 0. The fourth-order valence-electron chi connectivity index (χ4n) is 2.03. The number of carbonyl (C=O) groups is 1. The van der Waals surface area contributed by atoms with E-state index in [1.54, 1.807) is 37.4 Å². The van der Waals surface area contributed by atoms with Crippen LogP contribution >= 0.6 is 0 Å². The Bertz CT molecular complexity index is 613. The summed E-state index contributed by atoms with van der Waals surface area (Å²) in [6.07, 6.45) is 0. The molecule has 104 valence electrons. The Hall–Kier alpha value is -2.36. The van der Waals surface area contributed by atoms with E-state index in [1.165, 1.54) is 11.0 Å². The van der Waals surface area contributed by atoms with E-state index in [1.807, 2.05) is 19.1 Å². The van der Waals surface area contributed by atoms with Crippen LogP contribution in [-0.2, 0) is 0 Å². The van der Waals surface area contributed by atoms with Gasteiger partial charge in [0.15, 0.2) is 0 Å². The molecule has 0 heterocycles. The minimum absolute atomic E-state index is 0.244. The molecule has 0 unspecified atom stereocenters. The number of para-hydroxylation sites is 2. The van der Waals surface area contributed by atoms with E-state index >= 15 is 0 Å². The van der Waals surface area contributed by atoms with Crippen molar-refractivity contribution in [2.24, 2.45) is 0 Å². The molecular formula is C16H17FN2O. The van der Waals surface area contributed by atoms with Gasteiger partial charge in [0, 0.05) is 19.3 Å². The zero-order valence-corrected chi connectivity index (χ0v) is 11.6. The zero-order chi connectivity index (χ0) is 14.5. The number of rotatable bonds is 4. The van der Waals surface area contributed by atoms with Crippen molar-refractivity contribution in [2.45, 2.75) is 6.92 Å². The lowest BCUT2D eigenvalue weighted by atomic mass is 10.1. The maximum Gasteiger partial charge on any atom is 0.260 e. The molecule has 0 saturated heterocycles. The lowest BCUT2D eigenvalue weighted by Crippen LogP contribution is -2.27. The van der Waals surface area contributed by atoms with Gasteiger partial charge in [0.2, 0.25) is 0 Å². The maximum absolute atomic E-state index is 13.8. The molecule has 0 spiro atoms. The molecule has 1 amide bonds. The second kappa shape index (κ2) is 6.19. The lowest BCUT2D eigenvalue weighted by Gasteiger charge is -2.20. The molecule has 3 nitrogen and oxygen atoms in total. The molecule has 4 heteroatoms. The number of nitrogens with one attached hydrogen (secondary N) is 1. The molecule has 0 aliphatic rings. The smallest absolute Gasteiger partial charge is 0.260 e. The first-order valence-electron chi connectivity index (χ1n) is 6.50. The number of hydrogen-bond acceptors (Lipinski definition) is 2. The van der Waals surface area contributed by atoms with Gasteiger partial charge in [-0.3, -0.25) is 4.79 Å². The van der Waals surface area contributed by atoms with Gasteiger partial charge in [-0.1, -0.05) is 24.3 Å². The molecule has 0 aliphatic heterocycles. The molecule has 0 radical (unpaired) electrons. The standard InChI is InChI=1S/C16H17FN2O/c1-3-18-14-10-6-4-8-12(14)16(20)19(2)15-11-7-5-9-13(15)17/h4-11,18H,3H2,1-2H3. The summed E-state index contributed by atoms with van der Waals surface area (Å²) < 4.78 is 13.8. The first kappa shape index (κ1) is 14.1. The number of anilines is 2. The summed E-state index contributed by atoms with van der Waals surface area (Å²) in [5.41, 5.74) is 1.55. The first-order chi connectivity index (χ1) is 9.65. The molecule has 0 aliphatic carbocycles. The summed E-state index contributed by atoms with van der Waals surface area (Å²) in [6.45, 7) is 2.68. The first-order valence-corrected chi connectivity index (χ1v) is 6.50. The third kappa shape index (κ3) is 2.79. The monoisotopic (exact) mass is 272 g/mol. The number of hydrogen-bond donors (Lipinski definition) is 1. The van der Waals surface area contributed by atoms with Crippen LogP contribution in [0, 0.1) is 5.82 Å². The van der Waals surface area contributed by atoms with Crippen molar-refractivity contribution < 1.29 is 9.18 Å². The average Bonchev–Trinajstić information content (AvgIpc) is 2.47. The van der Waals surface area contributed by atoms with Crippen molar-refractivity contribution in [2.75, 3.05) is 23.8 Å². The molecule has 2 rings (SSSR count). The van der Waals surface area contributed by atoms with Crippen molar-refractivity contribution in [3.8, 4) is 0 Å². The SMILES string of the molecule is CCNc1ccccc1C(=O)N(C)c1ccccc1F. The molecule has 0 fully saturated rings. The largest absolute Gasteiger partial charge is 0.385 e. The van der Waals surface area contributed by atoms with Crippen LogP contribution in [0.25, 0.3) is 0 Å². The van der Waals surface area contributed by atoms with Gasteiger partial charge in [0.25, 0.3) is 5.91 Å². The topological polar surface area (TPSA) is 32.3 Å². The Balaban J connectivity index is 2.34. The molecule has 2 aromatic carbocycles. The molecule has 0 atom stereocenters. The third-order valence-corrected chi connectivity index (χ3v) is 3.04. The van der Waals surface area contributed by atoms with Crippen molar-refractivity contribution >= 4 is 17.3 Å². The van der Waals surface area contributed by atoms with Gasteiger partial charge in [-0.05, 0) is 31.2 Å². The predicted molar refractivity (Wildman–Crippen MR) is 79.7 cm³/mol. The van der Waals surface area contributed by atoms with Crippen molar-refractivity contribution in [1.29, 1.82) is 0 Å². The van der Waals surface area contributed by atoms with E-state index in [4.69, 9.17) is 0 Å². The zero-order valence-electron chi connectivity index (χ0n) is 11.6. The molecule has 2 aromatic rings. The van der Waals surface area contributed by atoms with Crippen molar-refractivity contribution in [3.05, 3.63) is 59.9 Å². The highest BCUT2D eigenvalue weighted by Crippen LogP contribution is 2.22. The van der Waals surface area contributed by atoms with Gasteiger partial charge in [-0.25, -0.2) is 4.39 Å². The summed E-state index contributed by atoms with van der Waals surface area (Å²) in [7, 11) is 1.57. The average molecular weight is 272 g/mol. The highest BCUT2D eigenvalue weighted by Gasteiger charge is 2.18. The van der Waals surface area contributed by atoms with Crippen LogP contribution in [0.15, 0.2) is 48.5 Å². The van der Waals surface area contributed by atoms with Crippen LogP contribution in [0.4, 0.5) is 15.8 Å². The summed E-state index contributed by atoms with van der Waals surface area (Å²) in [5, 5.41) is 3.14. The summed E-state index contributed by atoms with van der Waals surface area (Å²) in [4.78, 5) is 13.8. The van der Waals surface area contributed by atoms with Gasteiger partial charge in [0.05, 0.1) is 11.3 Å². The molecular weight excluding hydrogens is 255 g/mol. The van der Waals surface area contributed by atoms with E-state index in [0.29, 0.717) is 12.1 Å². The summed E-state index contributed by atoms with van der Waals surface area (Å²) in [5.74, 6) is -0.657. The number of amides is 1. The van der Waals surface area contributed by atoms with E-state index in [9.17, 15) is 9.18 Å². The van der Waals surface area contributed by atoms with Crippen LogP contribution in [0.5, 0.6) is 0 Å². The normalized spacial score (nSPS) is 10.2. The molecule has 0 aromatic heterocycles. The number of nitrogens with zero attached hydrogens (tertiary/aromatic N) is 1. The van der Waals surface area contributed by atoms with Gasteiger partial charge in [-0.2, -0.15) is 0 Å². The van der Waals surface area contributed by atoms with E-state index in [0.717, 1.165) is 5.69 Å². The van der Waals surface area contributed by atoms with E-state index in [-0.39, 0.29) is 11.6 Å². The highest BCUT2D eigenvalue weighted by atomic mass is 19.1. The van der Waals surface area contributed by atoms with Crippen molar-refractivity contribution in [3.63, 3.8) is 0 Å². The quantitative estimate of drug-likeness (QED) is 0.923. The van der Waals surface area contributed by atoms with Crippen LogP contribution in [-0.4, -0.2) is 19.5 Å². The Morgan fingerprint density at radius 3 is 2.50 bits per heavy atom. The fourth-order valence-corrected chi connectivity index (χ4v) is 2.03. The third-order valence-electron chi connectivity index (χ3n) is 3.04. The minimum Gasteiger partial charge on any atom is -0.385 e. The number of halogens is 1. The number of benzene rings is 2. The van der Waals surface area contributed by atoms with Crippen LogP contribution in [0.3, 0.4) is 0 Å². The number of carbonyl (C=O) groups excluding carboxylic acids is 1. The van der Waals surface area contributed by atoms with E-state index < -0.39 is 5.82 Å². The van der Waals surface area contributed by atoms with Crippen LogP contribution < -0.4 is 10.2 Å². The second-order valence-corrected chi connectivity index (χ2v) is 4.39. The van der Waals surface area contributed by atoms with Crippen LogP contribution in [0.2, 0.25) is 0 Å². The van der Waals surface area contributed by atoms with Crippen LogP contribution in [0.1, 0.15) is 17.3 Å². The molecule has 20 heavy (non-hydrogen) atoms. The van der Waals surface area contributed by atoms with Crippen molar-refractivity contribution in [1.82, 2.24) is 0 Å². The fraction of sp³-hybridized carbons (Fsp3) is 0.188. The second-order valence-electron chi connectivity index (χ2n) is 4.39. The summed E-state index contributed by atoms with van der Waals surface area (Å²) in [6, 6.07) is 13.5. The highest BCUT2D eigenvalue weighted by molar-refractivity contribution is 6.09. The van der Waals surface area contributed by atoms with Gasteiger partial charge >= 0.3 is 0 Å². The van der Waals surface area contributed by atoms with Gasteiger partial charge < -0.3 is 10.2 Å². The maximum atomic E-state index is 13.8. The predicted octanol–water partition coefficient (Wildman–Crippen LogP) is 3.53. The molecule has 1 N–H and O–H groups in total. The molecule has 0 bridgehead atoms. The Kier molecular flexibility index (Phi) is 4.35. The molecule has 0 saturated carbocycles. The van der Waals surface area contributed by atoms with Gasteiger partial charge in [0.1, 0.15) is 5.82 Å². The lowest BCUT2D eigenvalue weighted by molar-refractivity contribution is 0.0993. The Morgan fingerprint density at radius 2 is 1.80 bits per heavy atom. The Labute approximate surface area is 118 Å².